The molecule has 0 spiro atoms. The standard InChI is InChI=1S/C12H17N3O5S/c1-20-12(17)14-8-11(16)13-7-6-9-2-4-10(5-3-9)15-21(18)19/h2-5,15H,6-8H2,1H3,(H,13,16)(H,14,17)(H,18,19)/p-1. The third-order valence-corrected chi connectivity index (χ3v) is 2.87. The lowest BCUT2D eigenvalue weighted by Gasteiger charge is -2.09. The van der Waals surface area contributed by atoms with Gasteiger partial charge in [-0.3, -0.25) is 9.00 Å². The first kappa shape index (κ1) is 16.9. The summed E-state index contributed by atoms with van der Waals surface area (Å²) in [7, 11) is 1.22. The molecule has 0 aliphatic heterocycles. The summed E-state index contributed by atoms with van der Waals surface area (Å²) in [6.07, 6.45) is -0.0750. The van der Waals surface area contributed by atoms with Crippen molar-refractivity contribution in [3.05, 3.63) is 29.8 Å². The second-order valence-electron chi connectivity index (χ2n) is 3.98. The maximum Gasteiger partial charge on any atom is 0.407 e. The molecule has 0 aromatic heterocycles. The minimum atomic E-state index is -2.34. The van der Waals surface area contributed by atoms with Crippen LogP contribution in [0.1, 0.15) is 5.56 Å². The topological polar surface area (TPSA) is 120 Å². The molecule has 1 atom stereocenters. The van der Waals surface area contributed by atoms with Gasteiger partial charge >= 0.3 is 6.09 Å². The number of carbonyl (C=O) groups is 2. The van der Waals surface area contributed by atoms with Gasteiger partial charge in [0.05, 0.1) is 13.7 Å². The Morgan fingerprint density at radius 3 is 2.48 bits per heavy atom. The first-order chi connectivity index (χ1) is 10.0. The third-order valence-electron chi connectivity index (χ3n) is 2.47. The molecule has 9 heteroatoms. The molecule has 1 unspecified atom stereocenters. The van der Waals surface area contributed by atoms with Crippen molar-refractivity contribution in [2.45, 2.75) is 6.42 Å². The van der Waals surface area contributed by atoms with Crippen molar-refractivity contribution < 1.29 is 23.1 Å². The summed E-state index contributed by atoms with van der Waals surface area (Å²) in [6.45, 7) is 0.257. The second kappa shape index (κ2) is 8.93. The van der Waals surface area contributed by atoms with Crippen molar-refractivity contribution in [1.29, 1.82) is 0 Å². The number of carbonyl (C=O) groups excluding carboxylic acids is 2. The van der Waals surface area contributed by atoms with Gasteiger partial charge in [0.15, 0.2) is 0 Å². The Kier molecular flexibility index (Phi) is 7.19. The van der Waals surface area contributed by atoms with Crippen molar-refractivity contribution in [3.63, 3.8) is 0 Å². The number of anilines is 1. The Hall–Kier alpha value is -2.13. The number of amides is 2. The van der Waals surface area contributed by atoms with Crippen LogP contribution in [-0.2, 0) is 27.2 Å². The number of nitrogens with one attached hydrogen (secondary N) is 3. The Labute approximate surface area is 124 Å². The van der Waals surface area contributed by atoms with Crippen molar-refractivity contribution in [1.82, 2.24) is 10.6 Å². The molecule has 0 bridgehead atoms. The molecule has 0 heterocycles. The van der Waals surface area contributed by atoms with Gasteiger partial charge in [0, 0.05) is 23.5 Å². The lowest BCUT2D eigenvalue weighted by Crippen LogP contribution is -2.37. The van der Waals surface area contributed by atoms with E-state index in [1.54, 1.807) is 24.3 Å². The van der Waals surface area contributed by atoms with Crippen LogP contribution in [0.15, 0.2) is 24.3 Å². The van der Waals surface area contributed by atoms with Crippen LogP contribution in [0.25, 0.3) is 0 Å². The molecule has 1 aromatic rings. The van der Waals surface area contributed by atoms with E-state index in [0.29, 0.717) is 18.7 Å². The fourth-order valence-electron chi connectivity index (χ4n) is 1.47. The Bertz CT molecular complexity index is 506. The summed E-state index contributed by atoms with van der Waals surface area (Å²) in [5, 5.41) is 4.90. The number of benzene rings is 1. The quantitative estimate of drug-likeness (QED) is 0.607. The van der Waals surface area contributed by atoms with Gasteiger partial charge < -0.3 is 24.6 Å². The summed E-state index contributed by atoms with van der Waals surface area (Å²) in [4.78, 5) is 22.1. The predicted molar refractivity (Wildman–Crippen MR) is 76.1 cm³/mol. The fraction of sp³-hybridized carbons (Fsp3) is 0.333. The molecule has 0 saturated carbocycles. The molecule has 0 saturated heterocycles. The minimum Gasteiger partial charge on any atom is -0.755 e. The molecule has 0 radical (unpaired) electrons. The number of alkyl carbamates (subject to hydrolysis) is 1. The molecule has 0 aliphatic carbocycles. The first-order valence-electron chi connectivity index (χ1n) is 6.04. The zero-order valence-corrected chi connectivity index (χ0v) is 12.2. The summed E-state index contributed by atoms with van der Waals surface area (Å²) >= 11 is -2.34. The third kappa shape index (κ3) is 7.28. The number of hydrogen-bond acceptors (Lipinski definition) is 5. The summed E-state index contributed by atoms with van der Waals surface area (Å²) in [6, 6.07) is 6.78. The predicted octanol–water partition coefficient (Wildman–Crippen LogP) is -0.0927. The van der Waals surface area contributed by atoms with Crippen molar-refractivity contribution in [2.75, 3.05) is 24.9 Å². The van der Waals surface area contributed by atoms with Crippen molar-refractivity contribution in [2.24, 2.45) is 0 Å². The van der Waals surface area contributed by atoms with E-state index < -0.39 is 17.4 Å². The molecular weight excluding hydrogens is 298 g/mol. The van der Waals surface area contributed by atoms with Crippen LogP contribution >= 0.6 is 0 Å². The highest BCUT2D eigenvalue weighted by molar-refractivity contribution is 7.80. The van der Waals surface area contributed by atoms with E-state index in [1.807, 2.05) is 0 Å². The number of ether oxygens (including phenoxy) is 1. The minimum absolute atomic E-state index is 0.148. The van der Waals surface area contributed by atoms with Crippen LogP contribution in [0.2, 0.25) is 0 Å². The zero-order valence-electron chi connectivity index (χ0n) is 11.4. The highest BCUT2D eigenvalue weighted by Crippen LogP contribution is 2.09. The van der Waals surface area contributed by atoms with Gasteiger partial charge in [-0.2, -0.15) is 0 Å². The van der Waals surface area contributed by atoms with E-state index in [9.17, 15) is 18.4 Å². The van der Waals surface area contributed by atoms with E-state index in [2.05, 4.69) is 20.1 Å². The lowest BCUT2D eigenvalue weighted by atomic mass is 10.1. The highest BCUT2D eigenvalue weighted by Gasteiger charge is 2.04. The van der Waals surface area contributed by atoms with Crippen LogP contribution in [0.5, 0.6) is 0 Å². The maximum absolute atomic E-state index is 11.4. The first-order valence-corrected chi connectivity index (χ1v) is 7.12. The van der Waals surface area contributed by atoms with Gasteiger partial charge in [-0.1, -0.05) is 12.1 Å². The number of hydrogen-bond donors (Lipinski definition) is 3. The van der Waals surface area contributed by atoms with Gasteiger partial charge in [-0.05, 0) is 24.1 Å². The molecule has 3 N–H and O–H groups in total. The smallest absolute Gasteiger partial charge is 0.407 e. The van der Waals surface area contributed by atoms with Gasteiger partial charge in [0.25, 0.3) is 0 Å². The summed E-state index contributed by atoms with van der Waals surface area (Å²) in [5.74, 6) is -0.319. The maximum atomic E-state index is 11.4. The molecule has 21 heavy (non-hydrogen) atoms. The van der Waals surface area contributed by atoms with Crippen LogP contribution < -0.4 is 15.4 Å². The Morgan fingerprint density at radius 1 is 1.24 bits per heavy atom. The van der Waals surface area contributed by atoms with Crippen molar-refractivity contribution >= 4 is 29.0 Å². The van der Waals surface area contributed by atoms with Gasteiger partial charge in [-0.25, -0.2) is 4.79 Å². The summed E-state index contributed by atoms with van der Waals surface area (Å²) in [5.41, 5.74) is 1.41. The average Bonchev–Trinajstić information content (AvgIpc) is 2.46. The van der Waals surface area contributed by atoms with Crippen LogP contribution in [0.3, 0.4) is 0 Å². The Morgan fingerprint density at radius 2 is 1.90 bits per heavy atom. The van der Waals surface area contributed by atoms with E-state index in [4.69, 9.17) is 0 Å². The second-order valence-corrected chi connectivity index (χ2v) is 4.65. The van der Waals surface area contributed by atoms with E-state index >= 15 is 0 Å². The zero-order chi connectivity index (χ0) is 15.7. The van der Waals surface area contributed by atoms with Gasteiger partial charge in [0.1, 0.15) is 0 Å². The molecular formula is C12H16N3O5S-. The van der Waals surface area contributed by atoms with Gasteiger partial charge in [0.2, 0.25) is 5.91 Å². The van der Waals surface area contributed by atoms with E-state index in [1.165, 1.54) is 7.11 Å². The molecule has 0 aliphatic rings. The molecule has 2 amide bonds. The molecule has 1 rings (SSSR count). The van der Waals surface area contributed by atoms with Crippen LogP contribution in [-0.4, -0.2) is 41.0 Å². The Balaban J connectivity index is 2.27. The monoisotopic (exact) mass is 314 g/mol. The van der Waals surface area contributed by atoms with E-state index in [0.717, 1.165) is 5.56 Å². The van der Waals surface area contributed by atoms with E-state index in [-0.39, 0.29) is 12.5 Å². The SMILES string of the molecule is COC(=O)NCC(=O)NCCc1ccc(NS(=O)[O-])cc1. The molecule has 8 nitrogen and oxygen atoms in total. The van der Waals surface area contributed by atoms with Crippen LogP contribution in [0.4, 0.5) is 10.5 Å². The lowest BCUT2D eigenvalue weighted by molar-refractivity contribution is -0.120. The van der Waals surface area contributed by atoms with Crippen LogP contribution in [0, 0.1) is 0 Å². The molecule has 1 aromatic carbocycles. The molecule has 116 valence electrons. The fourth-order valence-corrected chi connectivity index (χ4v) is 1.80. The summed E-state index contributed by atoms with van der Waals surface area (Å²) < 4.78 is 27.4. The average molecular weight is 314 g/mol. The van der Waals surface area contributed by atoms with Gasteiger partial charge in [-0.15, -0.1) is 0 Å². The normalized spacial score (nSPS) is 11.3. The largest absolute Gasteiger partial charge is 0.755 e. The number of methoxy groups -OCH3 is 1. The van der Waals surface area contributed by atoms with Crippen molar-refractivity contribution in [3.8, 4) is 0 Å². The number of rotatable bonds is 7. The molecule has 0 fully saturated rings. The highest BCUT2D eigenvalue weighted by atomic mass is 32.2.